The zero-order valence-corrected chi connectivity index (χ0v) is 14.9. The Labute approximate surface area is 172 Å². The molecule has 0 nitrogen and oxygen atoms in total. The van der Waals surface area contributed by atoms with Gasteiger partial charge in [0.25, 0.3) is 0 Å². The zero-order chi connectivity index (χ0) is 18.6. The Hall–Kier alpha value is 0.501. The third-order valence-corrected chi connectivity index (χ3v) is 0.985. The molecule has 0 fully saturated rings. The summed E-state index contributed by atoms with van der Waals surface area (Å²) in [6, 6.07) is 9.44. The summed E-state index contributed by atoms with van der Waals surface area (Å²) in [7, 11) is -18.0. The number of rotatable bonds is 0. The summed E-state index contributed by atoms with van der Waals surface area (Å²) in [6.07, 6.45) is 0. The monoisotopic (exact) mass is 413 g/mol. The topological polar surface area (TPSA) is 0 Å². The fraction of sp³-hybridized carbons (Fsp3) is 0. The first-order valence-corrected chi connectivity index (χ1v) is 5.10. The van der Waals surface area contributed by atoms with E-state index in [-0.39, 0.29) is 52.8 Å². The first-order valence-electron chi connectivity index (χ1n) is 4.72. The predicted molar refractivity (Wildman–Crippen MR) is 63.1 cm³/mol. The van der Waals surface area contributed by atoms with Crippen molar-refractivity contribution in [2.24, 2.45) is 0 Å². The van der Waals surface area contributed by atoms with Crippen LogP contribution in [0.25, 0.3) is 0 Å². The van der Waals surface area contributed by atoms with Gasteiger partial charge in [0, 0.05) is 5.02 Å². The average molecular weight is 413 g/mol. The van der Waals surface area contributed by atoms with E-state index >= 15 is 0 Å². The number of hydrogen-bond donors (Lipinski definition) is 0. The van der Waals surface area contributed by atoms with Gasteiger partial charge in [-0.1, -0.05) is 29.8 Å². The van der Waals surface area contributed by atoms with Gasteiger partial charge < -0.3 is 53.2 Å². The minimum atomic E-state index is -6.00. The fourth-order valence-corrected chi connectivity index (χ4v) is 0.560. The van der Waals surface area contributed by atoms with E-state index < -0.39 is 21.8 Å². The summed E-state index contributed by atoms with van der Waals surface area (Å²) < 4.78 is 117. The van der Waals surface area contributed by atoms with Crippen LogP contribution in [0, 0.1) is 0 Å². The van der Waals surface area contributed by atoms with E-state index in [0.29, 0.717) is 0 Å². The van der Waals surface area contributed by atoms with Crippen molar-refractivity contribution in [1.29, 1.82) is 0 Å². The summed E-state index contributed by atoms with van der Waals surface area (Å²) in [5.41, 5.74) is 0. The Kier molecular flexibility index (Phi) is 20.1. The third kappa shape index (κ3) is 131. The maximum atomic E-state index is 9.75. The Bertz CT molecular complexity index is 325. The van der Waals surface area contributed by atoms with Gasteiger partial charge in [0.1, 0.15) is 0 Å². The van der Waals surface area contributed by atoms with Crippen LogP contribution in [0.4, 0.5) is 51.8 Å². The molecule has 0 aromatic heterocycles. The fourth-order valence-electron chi connectivity index (χ4n) is 0.415. The van der Waals surface area contributed by atoms with Gasteiger partial charge in [0.15, 0.2) is 0 Å². The molecular weight excluding hydrogens is 407 g/mol. The maximum Gasteiger partial charge on any atom is 1.00 e. The summed E-state index contributed by atoms with van der Waals surface area (Å²) in [6.45, 7) is 0. The molecule has 0 aliphatic heterocycles. The van der Waals surface area contributed by atoms with Gasteiger partial charge in [0.05, 0.1) is 0 Å². The van der Waals surface area contributed by atoms with Crippen LogP contribution >= 0.6 is 11.6 Å². The van der Waals surface area contributed by atoms with Gasteiger partial charge in [-0.3, -0.25) is 0 Å². The zero-order valence-electron chi connectivity index (χ0n) is 12.0. The van der Waals surface area contributed by atoms with Crippen molar-refractivity contribution in [2.45, 2.75) is 0 Å². The van der Waals surface area contributed by atoms with Gasteiger partial charge in [-0.25, -0.2) is 0 Å². The molecule has 0 amide bonds. The Morgan fingerprint density at radius 2 is 0.739 bits per heavy atom. The molecule has 0 saturated heterocycles. The van der Waals surface area contributed by atoms with Crippen LogP contribution < -0.4 is 51.4 Å². The molecule has 0 spiro atoms. The summed E-state index contributed by atoms with van der Waals surface area (Å²) in [5, 5.41) is 0.794. The SMILES string of the molecule is Clc1ccccc1.F[B-](F)(F)F.F[B-](F)(F)F.F[B-](F)(F)F.[H-].[K+]. The average Bonchev–Trinajstić information content (AvgIpc) is 2.09. The normalized spacial score (nSPS) is 10.5. The Morgan fingerprint density at radius 1 is 0.565 bits per heavy atom. The van der Waals surface area contributed by atoms with Crippen LogP contribution in [-0.4, -0.2) is 21.8 Å². The second-order valence-corrected chi connectivity index (χ2v) is 3.22. The van der Waals surface area contributed by atoms with Crippen molar-refractivity contribution < 1.29 is 105 Å². The molecule has 1 aromatic carbocycles. The van der Waals surface area contributed by atoms with Crippen molar-refractivity contribution >= 4 is 33.4 Å². The first kappa shape index (κ1) is 31.3. The van der Waals surface area contributed by atoms with E-state index in [9.17, 15) is 51.8 Å². The van der Waals surface area contributed by atoms with Crippen LogP contribution in [0.2, 0.25) is 5.02 Å². The van der Waals surface area contributed by atoms with E-state index in [1.165, 1.54) is 0 Å². The molecule has 0 radical (unpaired) electrons. The van der Waals surface area contributed by atoms with Gasteiger partial charge in [0.2, 0.25) is 0 Å². The molecule has 0 heterocycles. The van der Waals surface area contributed by atoms with Crippen LogP contribution in [0.1, 0.15) is 1.43 Å². The molecular formula is C6H6B3ClF12K-3. The predicted octanol–water partition coefficient (Wildman–Crippen LogP) is 3.36. The minimum Gasteiger partial charge on any atom is -1.00 e. The molecule has 0 saturated carbocycles. The summed E-state index contributed by atoms with van der Waals surface area (Å²) in [4.78, 5) is 0. The van der Waals surface area contributed by atoms with Crippen molar-refractivity contribution in [3.63, 3.8) is 0 Å². The van der Waals surface area contributed by atoms with E-state index in [1.54, 1.807) is 0 Å². The molecule has 0 bridgehead atoms. The summed E-state index contributed by atoms with van der Waals surface area (Å²) in [5.74, 6) is 0. The molecule has 0 aliphatic carbocycles. The van der Waals surface area contributed by atoms with Gasteiger partial charge >= 0.3 is 73.1 Å². The minimum absolute atomic E-state index is 0. The quantitative estimate of drug-likeness (QED) is 0.452. The first-order chi connectivity index (χ1) is 9.39. The largest absolute Gasteiger partial charge is 1.00 e. The standard InChI is InChI=1S/C6H5Cl.3BF4.K.H/c7-6-4-2-1-3-5-6;3*2-1(3,4)5;;/h1-5H;;;;;/q;3*-1;+1;-1. The van der Waals surface area contributed by atoms with Crippen molar-refractivity contribution in [1.82, 2.24) is 0 Å². The molecule has 0 N–H and O–H groups in total. The Morgan fingerprint density at radius 3 is 0.826 bits per heavy atom. The van der Waals surface area contributed by atoms with Crippen molar-refractivity contribution in [2.75, 3.05) is 0 Å². The third-order valence-electron chi connectivity index (χ3n) is 0.733. The second-order valence-electron chi connectivity index (χ2n) is 2.78. The molecule has 17 heteroatoms. The molecule has 0 unspecified atom stereocenters. The van der Waals surface area contributed by atoms with E-state index in [4.69, 9.17) is 11.6 Å². The van der Waals surface area contributed by atoms with Gasteiger partial charge in [-0.2, -0.15) is 0 Å². The van der Waals surface area contributed by atoms with Crippen molar-refractivity contribution in [3.05, 3.63) is 35.4 Å². The number of hydrogen-bond acceptors (Lipinski definition) is 0. The summed E-state index contributed by atoms with van der Waals surface area (Å²) >= 11 is 5.54. The van der Waals surface area contributed by atoms with E-state index in [1.807, 2.05) is 30.3 Å². The smallest absolute Gasteiger partial charge is 1.00 e. The van der Waals surface area contributed by atoms with Crippen LogP contribution in [0.5, 0.6) is 0 Å². The van der Waals surface area contributed by atoms with E-state index in [2.05, 4.69) is 0 Å². The van der Waals surface area contributed by atoms with Gasteiger partial charge in [-0.15, -0.1) is 0 Å². The molecule has 1 rings (SSSR count). The van der Waals surface area contributed by atoms with Crippen molar-refractivity contribution in [3.8, 4) is 0 Å². The number of benzene rings is 1. The second kappa shape index (κ2) is 14.8. The van der Waals surface area contributed by atoms with Gasteiger partial charge in [-0.05, 0) is 12.1 Å². The maximum absolute atomic E-state index is 9.75. The molecule has 134 valence electrons. The van der Waals surface area contributed by atoms with Crippen LogP contribution in [0.15, 0.2) is 30.3 Å². The molecule has 23 heavy (non-hydrogen) atoms. The molecule has 0 aliphatic rings. The molecule has 1 aromatic rings. The van der Waals surface area contributed by atoms with Crippen LogP contribution in [-0.2, 0) is 0 Å². The van der Waals surface area contributed by atoms with Crippen LogP contribution in [0.3, 0.4) is 0 Å². The number of halogens is 13. The van der Waals surface area contributed by atoms with E-state index in [0.717, 1.165) is 5.02 Å². The Balaban J connectivity index is -0.0000000661. The molecule has 0 atom stereocenters.